The summed E-state index contributed by atoms with van der Waals surface area (Å²) in [5.74, 6) is -4.76. The van der Waals surface area contributed by atoms with Crippen molar-refractivity contribution in [2.75, 3.05) is 12.4 Å². The van der Waals surface area contributed by atoms with E-state index in [0.717, 1.165) is 0 Å². The highest BCUT2D eigenvalue weighted by atomic mass is 32.1. The van der Waals surface area contributed by atoms with Gasteiger partial charge in [-0.3, -0.25) is 19.2 Å². The molecule has 12 nitrogen and oxygen atoms in total. The summed E-state index contributed by atoms with van der Waals surface area (Å²) < 4.78 is 0. The van der Waals surface area contributed by atoms with E-state index >= 15 is 0 Å². The van der Waals surface area contributed by atoms with Crippen molar-refractivity contribution >= 4 is 42.2 Å². The number of carboxylic acid groups (broad SMARTS) is 1. The number of carboxylic acids is 1. The molecular formula is C17H31N5O7S. The van der Waals surface area contributed by atoms with Crippen molar-refractivity contribution in [2.24, 2.45) is 17.4 Å². The second-order valence-electron chi connectivity index (χ2n) is 6.80. The number of thiol groups is 1. The van der Waals surface area contributed by atoms with E-state index in [1.54, 1.807) is 6.92 Å². The lowest BCUT2D eigenvalue weighted by atomic mass is 9.99. The van der Waals surface area contributed by atoms with Crippen molar-refractivity contribution in [3.05, 3.63) is 0 Å². The summed E-state index contributed by atoms with van der Waals surface area (Å²) in [6.45, 7) is 2.81. The zero-order valence-corrected chi connectivity index (χ0v) is 17.9. The Balaban J connectivity index is 5.03. The zero-order valence-electron chi connectivity index (χ0n) is 17.0. The van der Waals surface area contributed by atoms with Gasteiger partial charge in [-0.2, -0.15) is 12.6 Å². The van der Waals surface area contributed by atoms with Gasteiger partial charge in [0, 0.05) is 12.2 Å². The lowest BCUT2D eigenvalue weighted by molar-refractivity contribution is -0.143. The number of hydrogen-bond donors (Lipinski definition) is 8. The third-order valence-corrected chi connectivity index (χ3v) is 4.85. The van der Waals surface area contributed by atoms with E-state index in [9.17, 15) is 29.1 Å². The van der Waals surface area contributed by atoms with Crippen LogP contribution in [0, 0.1) is 5.92 Å². The van der Waals surface area contributed by atoms with Crippen LogP contribution >= 0.6 is 12.6 Å². The molecule has 5 unspecified atom stereocenters. The maximum absolute atomic E-state index is 12.4. The molecule has 0 radical (unpaired) electrons. The van der Waals surface area contributed by atoms with Crippen molar-refractivity contribution in [1.82, 2.24) is 16.0 Å². The molecule has 0 spiro atoms. The molecule has 4 amide bonds. The van der Waals surface area contributed by atoms with Gasteiger partial charge in [-0.25, -0.2) is 4.79 Å². The fourth-order valence-electron chi connectivity index (χ4n) is 2.26. The summed E-state index contributed by atoms with van der Waals surface area (Å²) in [5.41, 5.74) is 10.8. The van der Waals surface area contributed by atoms with Crippen molar-refractivity contribution < 1.29 is 34.2 Å². The van der Waals surface area contributed by atoms with Crippen LogP contribution in [0.25, 0.3) is 0 Å². The van der Waals surface area contributed by atoms with Crippen molar-refractivity contribution in [3.8, 4) is 0 Å². The average Bonchev–Trinajstić information content (AvgIpc) is 2.70. The molecular weight excluding hydrogens is 418 g/mol. The molecule has 13 heteroatoms. The first-order valence-electron chi connectivity index (χ1n) is 9.37. The Kier molecular flexibility index (Phi) is 12.7. The number of rotatable bonds is 14. The molecule has 0 aromatic heterocycles. The molecule has 0 aliphatic carbocycles. The van der Waals surface area contributed by atoms with Crippen LogP contribution in [0.3, 0.4) is 0 Å². The minimum atomic E-state index is -1.49. The number of nitrogens with two attached hydrogens (primary N) is 2. The molecule has 0 saturated carbocycles. The summed E-state index contributed by atoms with van der Waals surface area (Å²) in [7, 11) is 0. The van der Waals surface area contributed by atoms with E-state index in [1.807, 2.05) is 6.92 Å². The first-order valence-corrected chi connectivity index (χ1v) is 10.0. The Morgan fingerprint density at radius 3 is 1.90 bits per heavy atom. The van der Waals surface area contributed by atoms with Gasteiger partial charge in [0.2, 0.25) is 23.6 Å². The van der Waals surface area contributed by atoms with E-state index in [0.29, 0.717) is 6.42 Å². The van der Waals surface area contributed by atoms with Crippen LogP contribution in [0.2, 0.25) is 0 Å². The van der Waals surface area contributed by atoms with E-state index in [1.165, 1.54) is 0 Å². The number of hydrogen-bond acceptors (Lipinski definition) is 8. The molecule has 0 saturated heterocycles. The normalized spacial score (nSPS) is 15.8. The predicted octanol–water partition coefficient (Wildman–Crippen LogP) is -2.91. The molecule has 5 atom stereocenters. The Morgan fingerprint density at radius 1 is 0.967 bits per heavy atom. The van der Waals surface area contributed by atoms with E-state index in [4.69, 9.17) is 16.6 Å². The molecule has 0 aliphatic rings. The summed E-state index contributed by atoms with van der Waals surface area (Å²) in [4.78, 5) is 58.9. The maximum atomic E-state index is 12.4. The van der Waals surface area contributed by atoms with E-state index < -0.39 is 60.4 Å². The number of amides is 4. The van der Waals surface area contributed by atoms with Gasteiger partial charge in [0.1, 0.15) is 18.1 Å². The van der Waals surface area contributed by atoms with E-state index in [2.05, 4.69) is 28.6 Å². The Bertz CT molecular complexity index is 634. The third-order valence-electron chi connectivity index (χ3n) is 4.48. The molecule has 172 valence electrons. The number of carbonyl (C=O) groups excluding carboxylic acids is 4. The van der Waals surface area contributed by atoms with Crippen LogP contribution in [0.5, 0.6) is 0 Å². The number of carbonyl (C=O) groups is 5. The van der Waals surface area contributed by atoms with Crippen LogP contribution in [0.1, 0.15) is 33.1 Å². The number of aliphatic hydroxyl groups excluding tert-OH is 1. The highest BCUT2D eigenvalue weighted by molar-refractivity contribution is 7.80. The number of nitrogens with one attached hydrogen (secondary N) is 3. The van der Waals surface area contributed by atoms with Crippen molar-refractivity contribution in [1.29, 1.82) is 0 Å². The fraction of sp³-hybridized carbons (Fsp3) is 0.706. The first kappa shape index (κ1) is 27.6. The molecule has 9 N–H and O–H groups in total. The SMILES string of the molecule is CCC(C)C(N)C(=O)NC(CS)C(=O)NC(CO)C(=O)NC(CCC(N)=O)C(=O)O. The quantitative estimate of drug-likeness (QED) is 0.128. The molecule has 0 rings (SSSR count). The number of aliphatic carboxylic acids is 1. The van der Waals surface area contributed by atoms with E-state index in [-0.39, 0.29) is 24.5 Å². The predicted molar refractivity (Wildman–Crippen MR) is 110 cm³/mol. The summed E-state index contributed by atoms with van der Waals surface area (Å²) in [6.07, 6.45) is 0.114. The Hall–Kier alpha value is -2.38. The molecule has 0 bridgehead atoms. The Labute approximate surface area is 179 Å². The smallest absolute Gasteiger partial charge is 0.326 e. The van der Waals surface area contributed by atoms with Crippen LogP contribution < -0.4 is 27.4 Å². The molecule has 0 heterocycles. The van der Waals surface area contributed by atoms with Crippen molar-refractivity contribution in [2.45, 2.75) is 57.3 Å². The fourth-order valence-corrected chi connectivity index (χ4v) is 2.51. The first-order chi connectivity index (χ1) is 14.0. The summed E-state index contributed by atoms with van der Waals surface area (Å²) >= 11 is 4.00. The van der Waals surface area contributed by atoms with Crippen LogP contribution in [0.15, 0.2) is 0 Å². The zero-order chi connectivity index (χ0) is 23.4. The van der Waals surface area contributed by atoms with Gasteiger partial charge in [-0.1, -0.05) is 20.3 Å². The second kappa shape index (κ2) is 13.8. The van der Waals surface area contributed by atoms with Gasteiger partial charge >= 0.3 is 5.97 Å². The largest absolute Gasteiger partial charge is 0.480 e. The Morgan fingerprint density at radius 2 is 1.47 bits per heavy atom. The number of aliphatic hydroxyl groups is 1. The molecule has 0 aromatic rings. The minimum absolute atomic E-state index is 0.110. The monoisotopic (exact) mass is 449 g/mol. The highest BCUT2D eigenvalue weighted by Crippen LogP contribution is 2.06. The van der Waals surface area contributed by atoms with Gasteiger partial charge in [0.15, 0.2) is 0 Å². The standard InChI is InChI=1S/C17H31N5O7S/c1-3-8(2)13(19)16(27)22-11(7-30)15(26)21-10(6-23)14(25)20-9(17(28)29)4-5-12(18)24/h8-11,13,23,30H,3-7,19H2,1-2H3,(H2,18,24)(H,20,25)(H,21,26)(H,22,27)(H,28,29). The summed E-state index contributed by atoms with van der Waals surface area (Å²) in [6, 6.07) is -4.91. The minimum Gasteiger partial charge on any atom is -0.480 e. The highest BCUT2D eigenvalue weighted by Gasteiger charge is 2.30. The molecule has 0 fully saturated rings. The van der Waals surface area contributed by atoms with Crippen molar-refractivity contribution in [3.63, 3.8) is 0 Å². The van der Waals surface area contributed by atoms with Gasteiger partial charge < -0.3 is 37.6 Å². The molecule has 0 aromatic carbocycles. The van der Waals surface area contributed by atoms with Crippen LogP contribution in [-0.4, -0.2) is 76.3 Å². The molecule has 0 aliphatic heterocycles. The van der Waals surface area contributed by atoms with Gasteiger partial charge in [-0.05, 0) is 12.3 Å². The van der Waals surface area contributed by atoms with Gasteiger partial charge in [0.25, 0.3) is 0 Å². The number of primary amides is 1. The van der Waals surface area contributed by atoms with Gasteiger partial charge in [-0.15, -0.1) is 0 Å². The third kappa shape index (κ3) is 9.41. The lowest BCUT2D eigenvalue weighted by Gasteiger charge is -2.24. The van der Waals surface area contributed by atoms with Crippen LogP contribution in [-0.2, 0) is 24.0 Å². The second-order valence-corrected chi connectivity index (χ2v) is 7.17. The maximum Gasteiger partial charge on any atom is 0.326 e. The lowest BCUT2D eigenvalue weighted by Crippen LogP contribution is -2.59. The summed E-state index contributed by atoms with van der Waals surface area (Å²) in [5, 5.41) is 25.3. The van der Waals surface area contributed by atoms with Crippen LogP contribution in [0.4, 0.5) is 0 Å². The van der Waals surface area contributed by atoms with Gasteiger partial charge in [0.05, 0.1) is 12.6 Å². The average molecular weight is 450 g/mol. The topological polar surface area (TPSA) is 214 Å². The molecule has 30 heavy (non-hydrogen) atoms.